The van der Waals surface area contributed by atoms with Gasteiger partial charge in [-0.3, -0.25) is 4.79 Å². The van der Waals surface area contributed by atoms with Crippen LogP contribution in [0, 0.1) is 0 Å². The van der Waals surface area contributed by atoms with Crippen LogP contribution in [0.3, 0.4) is 0 Å². The van der Waals surface area contributed by atoms with Gasteiger partial charge in [-0.2, -0.15) is 11.3 Å². The number of methoxy groups -OCH3 is 1. The molecule has 8 heteroatoms. The molecule has 1 N–H and O–H groups in total. The van der Waals surface area contributed by atoms with E-state index in [1.807, 2.05) is 16.8 Å². The van der Waals surface area contributed by atoms with Crippen LogP contribution in [0.1, 0.15) is 22.1 Å². The molecule has 3 aromatic rings. The first kappa shape index (κ1) is 17.8. The molecule has 0 fully saturated rings. The lowest BCUT2D eigenvalue weighted by Crippen LogP contribution is -2.34. The van der Waals surface area contributed by atoms with E-state index in [-0.39, 0.29) is 5.69 Å². The Bertz CT molecular complexity index is 876. The third-order valence-electron chi connectivity index (χ3n) is 3.42. The maximum atomic E-state index is 12.5. The number of thiophene rings is 1. The Morgan fingerprint density at radius 1 is 1.20 bits per heavy atom. The van der Waals surface area contributed by atoms with Crippen molar-refractivity contribution in [2.45, 2.75) is 6.04 Å². The minimum Gasteiger partial charge on any atom is -0.467 e. The Kier molecular flexibility index (Phi) is 5.62. The Balaban J connectivity index is 1.80. The topological polar surface area (TPSA) is 68.3 Å². The highest BCUT2D eigenvalue weighted by Crippen LogP contribution is 2.26. The average molecular weight is 437 g/mol. The van der Waals surface area contributed by atoms with Gasteiger partial charge in [0, 0.05) is 20.8 Å². The number of aromatic nitrogens is 1. The summed E-state index contributed by atoms with van der Waals surface area (Å²) < 4.78 is 5.70. The molecule has 25 heavy (non-hydrogen) atoms. The molecular weight excluding hydrogens is 424 g/mol. The van der Waals surface area contributed by atoms with Crippen molar-refractivity contribution in [2.75, 3.05) is 7.11 Å². The Labute approximate surface area is 160 Å². The van der Waals surface area contributed by atoms with Gasteiger partial charge in [-0.15, -0.1) is 11.3 Å². The molecule has 1 aromatic carbocycles. The van der Waals surface area contributed by atoms with Crippen molar-refractivity contribution in [1.82, 2.24) is 10.3 Å². The third-order valence-corrected chi connectivity index (χ3v) is 5.52. The fourth-order valence-corrected chi connectivity index (χ4v) is 3.93. The molecule has 0 spiro atoms. The van der Waals surface area contributed by atoms with E-state index in [0.717, 1.165) is 15.0 Å². The number of amides is 1. The summed E-state index contributed by atoms with van der Waals surface area (Å²) in [5.74, 6) is -0.958. The largest absolute Gasteiger partial charge is 0.467 e. The SMILES string of the molecule is COC(=O)C(NC(=O)c1csc(-c2ccsc2)n1)c1ccc(Br)cc1. The van der Waals surface area contributed by atoms with Crippen LogP contribution in [0.5, 0.6) is 0 Å². The second-order valence-corrected chi connectivity index (χ2v) is 7.58. The van der Waals surface area contributed by atoms with Gasteiger partial charge in [0.2, 0.25) is 0 Å². The molecule has 1 atom stereocenters. The maximum Gasteiger partial charge on any atom is 0.333 e. The smallest absolute Gasteiger partial charge is 0.333 e. The first-order chi connectivity index (χ1) is 12.1. The standard InChI is InChI=1S/C17H13BrN2O3S2/c1-23-17(22)14(10-2-4-12(18)5-3-10)20-15(21)13-9-25-16(19-13)11-6-7-24-8-11/h2-9,14H,1H3,(H,20,21). The first-order valence-corrected chi connectivity index (χ1v) is 9.82. The molecule has 2 heterocycles. The molecule has 0 saturated heterocycles. The molecule has 0 aliphatic rings. The van der Waals surface area contributed by atoms with Crippen molar-refractivity contribution < 1.29 is 14.3 Å². The molecule has 1 unspecified atom stereocenters. The number of thiazole rings is 1. The highest BCUT2D eigenvalue weighted by atomic mass is 79.9. The van der Waals surface area contributed by atoms with Crippen molar-refractivity contribution in [3.05, 3.63) is 62.2 Å². The van der Waals surface area contributed by atoms with E-state index in [9.17, 15) is 9.59 Å². The van der Waals surface area contributed by atoms with Crippen LogP contribution < -0.4 is 5.32 Å². The van der Waals surface area contributed by atoms with Gasteiger partial charge in [-0.05, 0) is 29.1 Å². The van der Waals surface area contributed by atoms with Crippen LogP contribution >= 0.6 is 38.6 Å². The lowest BCUT2D eigenvalue weighted by Gasteiger charge is -2.16. The summed E-state index contributed by atoms with van der Waals surface area (Å²) in [6, 6.07) is 8.17. The van der Waals surface area contributed by atoms with E-state index >= 15 is 0 Å². The number of carbonyl (C=O) groups is 2. The van der Waals surface area contributed by atoms with E-state index in [1.54, 1.807) is 41.0 Å². The number of esters is 1. The Hall–Kier alpha value is -2.03. The van der Waals surface area contributed by atoms with Gasteiger partial charge in [0.1, 0.15) is 10.7 Å². The summed E-state index contributed by atoms with van der Waals surface area (Å²) in [4.78, 5) is 29.0. The fourth-order valence-electron chi connectivity index (χ4n) is 2.15. The quantitative estimate of drug-likeness (QED) is 0.606. The van der Waals surface area contributed by atoms with Crippen molar-refractivity contribution in [3.8, 4) is 10.6 Å². The van der Waals surface area contributed by atoms with E-state index in [1.165, 1.54) is 18.4 Å². The molecule has 2 aromatic heterocycles. The van der Waals surface area contributed by atoms with Gasteiger partial charge < -0.3 is 10.1 Å². The van der Waals surface area contributed by atoms with Crippen molar-refractivity contribution in [2.24, 2.45) is 0 Å². The molecule has 128 valence electrons. The third kappa shape index (κ3) is 4.15. The number of nitrogens with zero attached hydrogens (tertiary/aromatic N) is 1. The normalized spacial score (nSPS) is 11.8. The molecule has 0 aliphatic carbocycles. The van der Waals surface area contributed by atoms with Crippen LogP contribution in [0.15, 0.2) is 50.9 Å². The predicted molar refractivity (Wildman–Crippen MR) is 102 cm³/mol. The average Bonchev–Trinajstić information content (AvgIpc) is 3.30. The minimum absolute atomic E-state index is 0.275. The van der Waals surface area contributed by atoms with E-state index in [4.69, 9.17) is 4.74 Å². The zero-order valence-corrected chi connectivity index (χ0v) is 16.3. The number of carbonyl (C=O) groups excluding carboxylic acids is 2. The Morgan fingerprint density at radius 3 is 2.60 bits per heavy atom. The summed E-state index contributed by atoms with van der Waals surface area (Å²) in [5.41, 5.74) is 1.89. The molecule has 3 rings (SSSR count). The van der Waals surface area contributed by atoms with Gasteiger partial charge in [0.25, 0.3) is 5.91 Å². The van der Waals surface area contributed by atoms with Crippen LogP contribution in [-0.4, -0.2) is 24.0 Å². The summed E-state index contributed by atoms with van der Waals surface area (Å²) in [6.07, 6.45) is 0. The zero-order valence-electron chi connectivity index (χ0n) is 13.1. The van der Waals surface area contributed by atoms with E-state index in [2.05, 4.69) is 26.2 Å². The Morgan fingerprint density at radius 2 is 1.96 bits per heavy atom. The number of ether oxygens (including phenoxy) is 1. The van der Waals surface area contributed by atoms with Crippen LogP contribution in [0.4, 0.5) is 0 Å². The van der Waals surface area contributed by atoms with Crippen LogP contribution in [0.2, 0.25) is 0 Å². The maximum absolute atomic E-state index is 12.5. The summed E-state index contributed by atoms with van der Waals surface area (Å²) in [5, 5.41) is 9.07. The highest BCUT2D eigenvalue weighted by molar-refractivity contribution is 9.10. The fraction of sp³-hybridized carbons (Fsp3) is 0.118. The zero-order chi connectivity index (χ0) is 17.8. The summed E-state index contributed by atoms with van der Waals surface area (Å²) in [6.45, 7) is 0. The lowest BCUT2D eigenvalue weighted by atomic mass is 10.1. The highest BCUT2D eigenvalue weighted by Gasteiger charge is 2.25. The van der Waals surface area contributed by atoms with Crippen LogP contribution in [0.25, 0.3) is 10.6 Å². The number of benzene rings is 1. The molecule has 1 amide bonds. The predicted octanol–water partition coefficient (Wildman–Crippen LogP) is 4.28. The van der Waals surface area contributed by atoms with Gasteiger partial charge in [0.05, 0.1) is 7.11 Å². The van der Waals surface area contributed by atoms with Gasteiger partial charge in [-0.1, -0.05) is 28.1 Å². The van der Waals surface area contributed by atoms with Crippen molar-refractivity contribution >= 4 is 50.5 Å². The van der Waals surface area contributed by atoms with Crippen molar-refractivity contribution in [1.29, 1.82) is 0 Å². The molecule has 0 saturated carbocycles. The van der Waals surface area contributed by atoms with Crippen molar-refractivity contribution in [3.63, 3.8) is 0 Å². The van der Waals surface area contributed by atoms with Gasteiger partial charge in [0.15, 0.2) is 6.04 Å². The number of rotatable bonds is 5. The van der Waals surface area contributed by atoms with Gasteiger partial charge in [-0.25, -0.2) is 9.78 Å². The molecular formula is C17H13BrN2O3S2. The molecule has 5 nitrogen and oxygen atoms in total. The van der Waals surface area contributed by atoms with E-state index in [0.29, 0.717) is 5.56 Å². The minimum atomic E-state index is -0.892. The lowest BCUT2D eigenvalue weighted by molar-refractivity contribution is -0.143. The van der Waals surface area contributed by atoms with E-state index < -0.39 is 17.9 Å². The number of halogens is 1. The number of nitrogens with one attached hydrogen (secondary N) is 1. The molecule has 0 aliphatic heterocycles. The second-order valence-electron chi connectivity index (χ2n) is 5.03. The molecule has 0 bridgehead atoms. The van der Waals surface area contributed by atoms with Crippen LogP contribution in [-0.2, 0) is 9.53 Å². The summed E-state index contributed by atoms with van der Waals surface area (Å²) in [7, 11) is 1.29. The molecule has 0 radical (unpaired) electrons. The number of hydrogen-bond donors (Lipinski definition) is 1. The monoisotopic (exact) mass is 436 g/mol. The van der Waals surface area contributed by atoms with Gasteiger partial charge >= 0.3 is 5.97 Å². The summed E-state index contributed by atoms with van der Waals surface area (Å²) >= 11 is 6.30. The first-order valence-electron chi connectivity index (χ1n) is 7.20. The number of hydrogen-bond acceptors (Lipinski definition) is 6. The second kappa shape index (κ2) is 7.90.